The van der Waals surface area contributed by atoms with Crippen LogP contribution in [0.4, 0.5) is 9.18 Å². The molecule has 0 unspecified atom stereocenters. The summed E-state index contributed by atoms with van der Waals surface area (Å²) in [5.41, 5.74) is -0.332. The van der Waals surface area contributed by atoms with Gasteiger partial charge in [0.05, 0.1) is 6.54 Å². The second kappa shape index (κ2) is 2.83. The van der Waals surface area contributed by atoms with Gasteiger partial charge in [-0.1, -0.05) is 0 Å². The van der Waals surface area contributed by atoms with Crippen LogP contribution in [0.15, 0.2) is 0 Å². The van der Waals surface area contributed by atoms with Crippen LogP contribution < -0.4 is 0 Å². The van der Waals surface area contributed by atoms with Gasteiger partial charge >= 0.3 is 6.09 Å². The minimum absolute atomic E-state index is 0.264. The van der Waals surface area contributed by atoms with Crippen LogP contribution in [0.3, 0.4) is 0 Å². The summed E-state index contributed by atoms with van der Waals surface area (Å²) in [6.45, 7) is 2.09. The molecule has 0 aliphatic carbocycles. The molecule has 0 aromatic carbocycles. The first-order valence-electron chi connectivity index (χ1n) is 4.38. The average molecular weight is 188 g/mol. The topological polar surface area (TPSA) is 32.8 Å². The minimum Gasteiger partial charge on any atom is -0.438 e. The summed E-state index contributed by atoms with van der Waals surface area (Å²) in [4.78, 5) is 14.6. The van der Waals surface area contributed by atoms with Crippen molar-refractivity contribution < 1.29 is 13.9 Å². The van der Waals surface area contributed by atoms with Gasteiger partial charge in [0.25, 0.3) is 0 Å². The summed E-state index contributed by atoms with van der Waals surface area (Å²) in [5, 5.41) is 0. The van der Waals surface area contributed by atoms with E-state index in [1.807, 2.05) is 4.90 Å². The predicted molar refractivity (Wildman–Crippen MR) is 44.3 cm³/mol. The quantitative estimate of drug-likeness (QED) is 0.615. The van der Waals surface area contributed by atoms with Crippen molar-refractivity contribution in [2.24, 2.45) is 0 Å². The Bertz CT molecular complexity index is 228. The number of ether oxygens (including phenoxy) is 1. The Morgan fingerprint density at radius 2 is 2.23 bits per heavy atom. The van der Waals surface area contributed by atoms with Gasteiger partial charge in [-0.3, -0.25) is 4.90 Å². The second-order valence-electron chi connectivity index (χ2n) is 3.81. The SMILES string of the molecule is CN1CC2(CN(CCF)C2)OC1=O. The summed E-state index contributed by atoms with van der Waals surface area (Å²) < 4.78 is 17.1. The molecule has 1 spiro atoms. The fourth-order valence-corrected chi connectivity index (χ4v) is 2.00. The zero-order valence-corrected chi connectivity index (χ0v) is 7.62. The van der Waals surface area contributed by atoms with Gasteiger partial charge in [-0.2, -0.15) is 0 Å². The molecule has 1 amide bonds. The summed E-state index contributed by atoms with van der Waals surface area (Å²) in [7, 11) is 1.72. The molecule has 0 aromatic heterocycles. The lowest BCUT2D eigenvalue weighted by atomic mass is 9.94. The number of amides is 1. The summed E-state index contributed by atoms with van der Waals surface area (Å²) in [5.74, 6) is 0. The Kier molecular flexibility index (Phi) is 1.91. The highest BCUT2D eigenvalue weighted by Gasteiger charge is 2.52. The normalized spacial score (nSPS) is 26.3. The van der Waals surface area contributed by atoms with Crippen LogP contribution in [0.1, 0.15) is 0 Å². The maximum absolute atomic E-state index is 11.9. The molecule has 74 valence electrons. The van der Waals surface area contributed by atoms with Crippen molar-refractivity contribution in [2.45, 2.75) is 5.60 Å². The Morgan fingerprint density at radius 1 is 1.54 bits per heavy atom. The average Bonchev–Trinajstić information content (AvgIpc) is 2.27. The van der Waals surface area contributed by atoms with Crippen molar-refractivity contribution >= 4 is 6.09 Å². The molecule has 13 heavy (non-hydrogen) atoms. The Hall–Kier alpha value is -0.840. The third-order valence-electron chi connectivity index (χ3n) is 2.57. The summed E-state index contributed by atoms with van der Waals surface area (Å²) in [6, 6.07) is 0. The number of hydrogen-bond donors (Lipinski definition) is 0. The third kappa shape index (κ3) is 1.37. The van der Waals surface area contributed by atoms with Gasteiger partial charge < -0.3 is 9.64 Å². The molecule has 2 rings (SSSR count). The largest absolute Gasteiger partial charge is 0.438 e. The van der Waals surface area contributed by atoms with Gasteiger partial charge in [-0.25, -0.2) is 9.18 Å². The van der Waals surface area contributed by atoms with E-state index in [0.717, 1.165) is 0 Å². The third-order valence-corrected chi connectivity index (χ3v) is 2.57. The Balaban J connectivity index is 1.87. The van der Waals surface area contributed by atoms with Gasteiger partial charge in [0.1, 0.15) is 6.67 Å². The number of likely N-dealkylation sites (tertiary alicyclic amines) is 1. The van der Waals surface area contributed by atoms with E-state index in [0.29, 0.717) is 26.2 Å². The highest BCUT2D eigenvalue weighted by Crippen LogP contribution is 2.31. The molecule has 0 bridgehead atoms. The van der Waals surface area contributed by atoms with Crippen molar-refractivity contribution in [1.82, 2.24) is 9.80 Å². The maximum atomic E-state index is 11.9. The van der Waals surface area contributed by atoms with Crippen LogP contribution in [0.25, 0.3) is 0 Å². The standard InChI is InChI=1S/C8H13FN2O2/c1-10-4-8(13-7(10)12)5-11(6-8)3-2-9/h2-6H2,1H3. The number of halogens is 1. The highest BCUT2D eigenvalue weighted by molar-refractivity contribution is 5.70. The summed E-state index contributed by atoms with van der Waals surface area (Å²) in [6.07, 6.45) is -0.264. The zero-order chi connectivity index (χ0) is 9.47. The van der Waals surface area contributed by atoms with Crippen LogP contribution in [-0.4, -0.2) is 61.4 Å². The Morgan fingerprint density at radius 3 is 2.69 bits per heavy atom. The van der Waals surface area contributed by atoms with E-state index in [-0.39, 0.29) is 18.4 Å². The van der Waals surface area contributed by atoms with Gasteiger partial charge in [-0.15, -0.1) is 0 Å². The van der Waals surface area contributed by atoms with E-state index in [9.17, 15) is 9.18 Å². The fourth-order valence-electron chi connectivity index (χ4n) is 2.00. The summed E-state index contributed by atoms with van der Waals surface area (Å²) >= 11 is 0. The second-order valence-corrected chi connectivity index (χ2v) is 3.81. The van der Waals surface area contributed by atoms with E-state index in [1.165, 1.54) is 0 Å². The van der Waals surface area contributed by atoms with Gasteiger partial charge in [0.2, 0.25) is 0 Å². The molecule has 0 N–H and O–H groups in total. The maximum Gasteiger partial charge on any atom is 0.410 e. The fraction of sp³-hybridized carbons (Fsp3) is 0.875. The number of nitrogens with zero attached hydrogens (tertiary/aromatic N) is 2. The monoisotopic (exact) mass is 188 g/mol. The van der Waals surface area contributed by atoms with Crippen LogP contribution in [0.2, 0.25) is 0 Å². The van der Waals surface area contributed by atoms with E-state index in [2.05, 4.69) is 0 Å². The molecular weight excluding hydrogens is 175 g/mol. The number of rotatable bonds is 2. The van der Waals surface area contributed by atoms with Crippen molar-refractivity contribution in [3.63, 3.8) is 0 Å². The van der Waals surface area contributed by atoms with Crippen LogP contribution in [0, 0.1) is 0 Å². The first-order valence-corrected chi connectivity index (χ1v) is 4.38. The number of alkyl halides is 1. The predicted octanol–water partition coefficient (Wildman–Crippen LogP) is 0.0923. The Labute approximate surface area is 76.2 Å². The van der Waals surface area contributed by atoms with Crippen molar-refractivity contribution in [3.8, 4) is 0 Å². The van der Waals surface area contributed by atoms with Crippen LogP contribution in [-0.2, 0) is 4.74 Å². The molecule has 5 heteroatoms. The molecule has 2 fully saturated rings. The molecular formula is C8H13FN2O2. The van der Waals surface area contributed by atoms with E-state index >= 15 is 0 Å². The van der Waals surface area contributed by atoms with E-state index in [4.69, 9.17) is 4.74 Å². The molecule has 0 radical (unpaired) electrons. The number of hydrogen-bond acceptors (Lipinski definition) is 3. The molecule has 4 nitrogen and oxygen atoms in total. The molecule has 2 aliphatic rings. The molecule has 2 heterocycles. The molecule has 0 saturated carbocycles. The van der Waals surface area contributed by atoms with Crippen molar-refractivity contribution in [2.75, 3.05) is 39.9 Å². The van der Waals surface area contributed by atoms with Gasteiger partial charge in [-0.05, 0) is 0 Å². The first-order chi connectivity index (χ1) is 6.15. The highest BCUT2D eigenvalue weighted by atomic mass is 19.1. The van der Waals surface area contributed by atoms with Crippen molar-refractivity contribution in [1.29, 1.82) is 0 Å². The van der Waals surface area contributed by atoms with Gasteiger partial charge in [0, 0.05) is 26.7 Å². The first kappa shape index (κ1) is 8.74. The molecule has 2 saturated heterocycles. The molecule has 0 aromatic rings. The number of carbonyl (C=O) groups is 1. The molecule has 2 aliphatic heterocycles. The number of likely N-dealkylation sites (N-methyl/N-ethyl adjacent to an activating group) is 1. The van der Waals surface area contributed by atoms with Crippen LogP contribution in [0.5, 0.6) is 0 Å². The van der Waals surface area contributed by atoms with E-state index in [1.54, 1.807) is 11.9 Å². The minimum atomic E-state index is -0.333. The lowest BCUT2D eigenvalue weighted by molar-refractivity contribution is -0.0745. The lowest BCUT2D eigenvalue weighted by Crippen LogP contribution is -2.64. The van der Waals surface area contributed by atoms with E-state index < -0.39 is 0 Å². The van der Waals surface area contributed by atoms with Crippen LogP contribution >= 0.6 is 0 Å². The van der Waals surface area contributed by atoms with Crippen molar-refractivity contribution in [3.05, 3.63) is 0 Å². The smallest absolute Gasteiger partial charge is 0.410 e. The zero-order valence-electron chi connectivity index (χ0n) is 7.62. The lowest BCUT2D eigenvalue weighted by Gasteiger charge is -2.45. The molecule has 0 atom stereocenters. The van der Waals surface area contributed by atoms with Gasteiger partial charge in [0.15, 0.2) is 5.60 Å². The number of carbonyl (C=O) groups excluding carboxylic acids is 1.